The summed E-state index contributed by atoms with van der Waals surface area (Å²) in [7, 11) is 1.65. The van der Waals surface area contributed by atoms with Crippen molar-refractivity contribution < 1.29 is 14.3 Å². The molecule has 3 aromatic rings. The fourth-order valence-electron chi connectivity index (χ4n) is 3.89. The Kier molecular flexibility index (Phi) is 7.90. The third-order valence-corrected chi connectivity index (χ3v) is 7.05. The summed E-state index contributed by atoms with van der Waals surface area (Å²) in [5.41, 5.74) is 2.98. The molecule has 0 saturated carbocycles. The van der Waals surface area contributed by atoms with E-state index in [0.717, 1.165) is 42.3 Å². The highest BCUT2D eigenvalue weighted by molar-refractivity contribution is 8.00. The van der Waals surface area contributed by atoms with Crippen molar-refractivity contribution in [3.63, 3.8) is 0 Å². The molecule has 4 rings (SSSR count). The Morgan fingerprint density at radius 2 is 1.88 bits per heavy atom. The fourth-order valence-corrected chi connectivity index (χ4v) is 4.75. The van der Waals surface area contributed by atoms with Crippen molar-refractivity contribution in [2.45, 2.75) is 62.6 Å². The molecule has 2 heterocycles. The van der Waals surface area contributed by atoms with Crippen molar-refractivity contribution in [2.75, 3.05) is 19.0 Å². The van der Waals surface area contributed by atoms with Crippen LogP contribution in [-0.2, 0) is 16.1 Å². The second-order valence-electron chi connectivity index (χ2n) is 8.81. The smallest absolute Gasteiger partial charge is 0.237 e. The van der Waals surface area contributed by atoms with Crippen molar-refractivity contribution in [1.82, 2.24) is 14.8 Å². The summed E-state index contributed by atoms with van der Waals surface area (Å²) in [5, 5.41) is 12.3. The number of carbonyl (C=O) groups is 1. The van der Waals surface area contributed by atoms with Crippen molar-refractivity contribution in [3.05, 3.63) is 54.1 Å². The van der Waals surface area contributed by atoms with Gasteiger partial charge in [0, 0.05) is 17.9 Å². The Bertz CT molecular complexity index is 1090. The number of thioether (sulfide) groups is 1. The average molecular weight is 481 g/mol. The first-order valence-corrected chi connectivity index (χ1v) is 12.6. The number of rotatable bonds is 9. The maximum atomic E-state index is 12.9. The highest BCUT2D eigenvalue weighted by atomic mass is 32.2. The molecule has 1 saturated heterocycles. The molecule has 1 fully saturated rings. The Balaban J connectivity index is 1.51. The van der Waals surface area contributed by atoms with Crippen LogP contribution < -0.4 is 10.1 Å². The summed E-state index contributed by atoms with van der Waals surface area (Å²) in [6.07, 6.45) is 2.19. The van der Waals surface area contributed by atoms with E-state index in [9.17, 15) is 4.79 Å². The molecule has 1 N–H and O–H groups in total. The minimum Gasteiger partial charge on any atom is -0.497 e. The number of hydrogen-bond donors (Lipinski definition) is 1. The lowest BCUT2D eigenvalue weighted by Crippen LogP contribution is -2.23. The molecule has 1 aromatic heterocycles. The lowest BCUT2D eigenvalue weighted by Gasteiger charge is -2.17. The molecule has 0 bridgehead atoms. The molecule has 0 unspecified atom stereocenters. The van der Waals surface area contributed by atoms with Crippen LogP contribution in [0, 0.1) is 0 Å². The number of amides is 1. The van der Waals surface area contributed by atoms with Crippen molar-refractivity contribution in [2.24, 2.45) is 0 Å². The van der Waals surface area contributed by atoms with Gasteiger partial charge in [-0.05, 0) is 67.6 Å². The van der Waals surface area contributed by atoms with Crippen LogP contribution in [-0.4, -0.2) is 45.7 Å². The van der Waals surface area contributed by atoms with Gasteiger partial charge < -0.3 is 14.8 Å². The number of methoxy groups -OCH3 is 1. The number of carbonyl (C=O) groups excluding carboxylic acids is 1. The van der Waals surface area contributed by atoms with Crippen LogP contribution in [0.15, 0.2) is 53.7 Å². The highest BCUT2D eigenvalue weighted by Crippen LogP contribution is 2.30. The number of benzene rings is 2. The second kappa shape index (κ2) is 11.1. The average Bonchev–Trinajstić information content (AvgIpc) is 3.50. The van der Waals surface area contributed by atoms with E-state index in [1.165, 1.54) is 17.3 Å². The lowest BCUT2D eigenvalue weighted by atomic mass is 10.0. The number of aromatic nitrogens is 3. The minimum absolute atomic E-state index is 0.0695. The van der Waals surface area contributed by atoms with Crippen LogP contribution in [0.1, 0.15) is 45.1 Å². The van der Waals surface area contributed by atoms with Crippen LogP contribution in [0.25, 0.3) is 11.4 Å². The van der Waals surface area contributed by atoms with E-state index < -0.39 is 0 Å². The summed E-state index contributed by atoms with van der Waals surface area (Å²) in [4.78, 5) is 12.9. The molecule has 7 nitrogen and oxygen atoms in total. The van der Waals surface area contributed by atoms with Crippen LogP contribution >= 0.6 is 11.8 Å². The summed E-state index contributed by atoms with van der Waals surface area (Å²) in [6, 6.07) is 15.8. The highest BCUT2D eigenvalue weighted by Gasteiger charge is 2.24. The van der Waals surface area contributed by atoms with Crippen LogP contribution in [0.2, 0.25) is 0 Å². The molecule has 1 amide bonds. The van der Waals surface area contributed by atoms with E-state index in [1.54, 1.807) is 7.11 Å². The second-order valence-corrected chi connectivity index (χ2v) is 10.1. The van der Waals surface area contributed by atoms with Crippen molar-refractivity contribution in [3.8, 4) is 17.1 Å². The topological polar surface area (TPSA) is 78.3 Å². The van der Waals surface area contributed by atoms with Gasteiger partial charge in [0.1, 0.15) is 5.75 Å². The van der Waals surface area contributed by atoms with Crippen LogP contribution in [0.4, 0.5) is 5.69 Å². The molecular formula is C26H32N4O3S. The molecule has 8 heteroatoms. The quantitative estimate of drug-likeness (QED) is 0.415. The summed E-state index contributed by atoms with van der Waals surface area (Å²) < 4.78 is 13.2. The lowest BCUT2D eigenvalue weighted by molar-refractivity contribution is -0.115. The zero-order valence-corrected chi connectivity index (χ0v) is 21.0. The zero-order chi connectivity index (χ0) is 24.1. The molecule has 34 heavy (non-hydrogen) atoms. The van der Waals surface area contributed by atoms with Gasteiger partial charge in [0.2, 0.25) is 5.91 Å². The van der Waals surface area contributed by atoms with E-state index in [4.69, 9.17) is 9.47 Å². The largest absolute Gasteiger partial charge is 0.497 e. The van der Waals surface area contributed by atoms with Gasteiger partial charge in [0.15, 0.2) is 11.0 Å². The normalized spacial score (nSPS) is 16.6. The Hall–Kier alpha value is -2.84. The van der Waals surface area contributed by atoms with Gasteiger partial charge in [-0.3, -0.25) is 9.36 Å². The van der Waals surface area contributed by atoms with E-state index in [-0.39, 0.29) is 17.3 Å². The third kappa shape index (κ3) is 5.80. The summed E-state index contributed by atoms with van der Waals surface area (Å²) in [6.45, 7) is 7.63. The van der Waals surface area contributed by atoms with Gasteiger partial charge in [-0.25, -0.2) is 0 Å². The molecule has 0 aliphatic carbocycles. The summed E-state index contributed by atoms with van der Waals surface area (Å²) in [5.74, 6) is 1.93. The zero-order valence-electron chi connectivity index (χ0n) is 20.2. The first kappa shape index (κ1) is 24.3. The third-order valence-electron chi connectivity index (χ3n) is 5.97. The maximum absolute atomic E-state index is 12.9. The van der Waals surface area contributed by atoms with E-state index in [2.05, 4.69) is 46.1 Å². The van der Waals surface area contributed by atoms with E-state index in [0.29, 0.717) is 17.6 Å². The van der Waals surface area contributed by atoms with Crippen LogP contribution in [0.3, 0.4) is 0 Å². The first-order chi connectivity index (χ1) is 16.4. The number of ether oxygens (including phenoxy) is 2. The van der Waals surface area contributed by atoms with Gasteiger partial charge in [-0.2, -0.15) is 0 Å². The van der Waals surface area contributed by atoms with E-state index in [1.807, 2.05) is 43.3 Å². The number of hydrogen-bond acceptors (Lipinski definition) is 6. The molecule has 1 aliphatic rings. The van der Waals surface area contributed by atoms with Gasteiger partial charge in [0.05, 0.1) is 25.0 Å². The van der Waals surface area contributed by atoms with Crippen molar-refractivity contribution >= 4 is 23.4 Å². The number of nitrogens with one attached hydrogen (secondary N) is 1. The predicted molar refractivity (Wildman–Crippen MR) is 135 cm³/mol. The fraction of sp³-hybridized carbons (Fsp3) is 0.423. The van der Waals surface area contributed by atoms with Crippen LogP contribution in [0.5, 0.6) is 5.75 Å². The van der Waals surface area contributed by atoms with Gasteiger partial charge in [0.25, 0.3) is 0 Å². The Labute approximate surface area is 205 Å². The van der Waals surface area contributed by atoms with E-state index >= 15 is 0 Å². The standard InChI is InChI=1S/C26H32N4O3S/c1-17(2)19-7-11-21(12-8-19)27-25(31)18(3)34-26-29-28-24(20-9-13-22(32-4)14-10-20)30(26)16-23-6-5-15-33-23/h7-14,17-18,23H,5-6,15-16H2,1-4H3,(H,27,31)/t18-,23+/m0/s1. The Morgan fingerprint density at radius 1 is 1.15 bits per heavy atom. The summed E-state index contributed by atoms with van der Waals surface area (Å²) >= 11 is 1.41. The van der Waals surface area contributed by atoms with Gasteiger partial charge in [-0.1, -0.05) is 37.7 Å². The molecule has 180 valence electrons. The monoisotopic (exact) mass is 480 g/mol. The maximum Gasteiger partial charge on any atom is 0.237 e. The Morgan fingerprint density at radius 3 is 2.50 bits per heavy atom. The number of nitrogens with zero attached hydrogens (tertiary/aromatic N) is 3. The van der Waals surface area contributed by atoms with Crippen molar-refractivity contribution in [1.29, 1.82) is 0 Å². The van der Waals surface area contributed by atoms with Gasteiger partial charge in [-0.15, -0.1) is 10.2 Å². The molecule has 0 spiro atoms. The first-order valence-electron chi connectivity index (χ1n) is 11.7. The molecule has 2 aromatic carbocycles. The number of anilines is 1. The SMILES string of the molecule is COc1ccc(-c2nnc(S[C@@H](C)C(=O)Nc3ccc(C(C)C)cc3)n2C[C@H]2CCCO2)cc1. The molecule has 0 radical (unpaired) electrons. The molecule has 2 atom stereocenters. The predicted octanol–water partition coefficient (Wildman–Crippen LogP) is 5.38. The molecular weight excluding hydrogens is 448 g/mol. The molecule has 1 aliphatic heterocycles. The minimum atomic E-state index is -0.346. The van der Waals surface area contributed by atoms with Gasteiger partial charge >= 0.3 is 0 Å².